The Morgan fingerprint density at radius 2 is 2.00 bits per heavy atom. The molecule has 0 spiro atoms. The van der Waals surface area contributed by atoms with Crippen LogP contribution >= 0.6 is 11.8 Å². The number of hydrogen-bond donors (Lipinski definition) is 0. The van der Waals surface area contributed by atoms with E-state index in [1.165, 1.54) is 11.1 Å². The Labute approximate surface area is 122 Å². The molecule has 2 heterocycles. The molecule has 1 unspecified atom stereocenters. The molecule has 1 atom stereocenters. The van der Waals surface area contributed by atoms with Crippen LogP contribution in [0.25, 0.3) is 11.5 Å². The highest BCUT2D eigenvalue weighted by molar-refractivity contribution is 7.99. The Morgan fingerprint density at radius 1 is 1.20 bits per heavy atom. The van der Waals surface area contributed by atoms with E-state index >= 15 is 0 Å². The first-order chi connectivity index (χ1) is 9.70. The third-order valence-electron chi connectivity index (χ3n) is 3.29. The third kappa shape index (κ3) is 3.22. The molecule has 106 valence electrons. The van der Waals surface area contributed by atoms with Gasteiger partial charge in [-0.25, -0.2) is 0 Å². The average molecular weight is 290 g/mol. The predicted molar refractivity (Wildman–Crippen MR) is 78.9 cm³/mol. The minimum atomic E-state index is 0.330. The van der Waals surface area contributed by atoms with Gasteiger partial charge in [0.05, 0.1) is 6.10 Å². The smallest absolute Gasteiger partial charge is 0.276 e. The molecule has 0 aliphatic carbocycles. The van der Waals surface area contributed by atoms with E-state index < -0.39 is 0 Å². The lowest BCUT2D eigenvalue weighted by molar-refractivity contribution is 0.128. The van der Waals surface area contributed by atoms with E-state index in [1.54, 1.807) is 11.8 Å². The maximum Gasteiger partial charge on any atom is 0.276 e. The van der Waals surface area contributed by atoms with E-state index in [0.29, 0.717) is 17.2 Å². The van der Waals surface area contributed by atoms with Crippen molar-refractivity contribution < 1.29 is 9.15 Å². The van der Waals surface area contributed by atoms with Gasteiger partial charge in [-0.3, -0.25) is 0 Å². The molecule has 1 aliphatic heterocycles. The number of nitrogens with zero attached hydrogens (tertiary/aromatic N) is 2. The summed E-state index contributed by atoms with van der Waals surface area (Å²) in [6, 6.07) is 6.26. The van der Waals surface area contributed by atoms with Gasteiger partial charge < -0.3 is 9.15 Å². The van der Waals surface area contributed by atoms with Gasteiger partial charge in [0, 0.05) is 17.9 Å². The Morgan fingerprint density at radius 3 is 2.70 bits per heavy atom. The highest BCUT2D eigenvalue weighted by Crippen LogP contribution is 2.27. The van der Waals surface area contributed by atoms with Crippen molar-refractivity contribution in [2.24, 2.45) is 0 Å². The van der Waals surface area contributed by atoms with Crippen molar-refractivity contribution >= 4 is 11.8 Å². The summed E-state index contributed by atoms with van der Waals surface area (Å²) in [7, 11) is 0. The molecule has 5 heteroatoms. The van der Waals surface area contributed by atoms with Crippen LogP contribution in [0.4, 0.5) is 0 Å². The average Bonchev–Trinajstić information content (AvgIpc) is 3.07. The normalized spacial score (nSPS) is 18.6. The van der Waals surface area contributed by atoms with E-state index in [0.717, 1.165) is 30.8 Å². The third-order valence-corrected chi connectivity index (χ3v) is 4.24. The van der Waals surface area contributed by atoms with Crippen molar-refractivity contribution in [3.63, 3.8) is 0 Å². The number of aryl methyl sites for hydroxylation is 2. The summed E-state index contributed by atoms with van der Waals surface area (Å²) < 4.78 is 11.3. The molecule has 1 aliphatic rings. The molecule has 3 rings (SSSR count). The number of ether oxygens (including phenoxy) is 1. The first-order valence-corrected chi connectivity index (χ1v) is 7.86. The number of hydrogen-bond acceptors (Lipinski definition) is 5. The van der Waals surface area contributed by atoms with Crippen molar-refractivity contribution in [2.75, 3.05) is 12.4 Å². The SMILES string of the molecule is Cc1cc(C)cc(-c2nnc(SCC3CCCO3)o2)c1. The van der Waals surface area contributed by atoms with E-state index in [2.05, 4.69) is 42.2 Å². The molecule has 0 N–H and O–H groups in total. The fraction of sp³-hybridized carbons (Fsp3) is 0.467. The maximum atomic E-state index is 5.72. The molecule has 0 saturated carbocycles. The van der Waals surface area contributed by atoms with Gasteiger partial charge in [-0.1, -0.05) is 29.0 Å². The standard InChI is InChI=1S/C15H18N2O2S/c1-10-6-11(2)8-12(7-10)14-16-17-15(19-14)20-9-13-4-3-5-18-13/h6-8,13H,3-5,9H2,1-2H3. The quantitative estimate of drug-likeness (QED) is 0.805. The van der Waals surface area contributed by atoms with Crippen LogP contribution in [0.5, 0.6) is 0 Å². The van der Waals surface area contributed by atoms with Crippen LogP contribution in [-0.4, -0.2) is 28.7 Å². The zero-order chi connectivity index (χ0) is 13.9. The highest BCUT2D eigenvalue weighted by atomic mass is 32.2. The highest BCUT2D eigenvalue weighted by Gasteiger charge is 2.17. The molecule has 0 radical (unpaired) electrons. The Hall–Kier alpha value is -1.33. The van der Waals surface area contributed by atoms with Crippen LogP contribution in [0, 0.1) is 13.8 Å². The maximum absolute atomic E-state index is 5.72. The number of aromatic nitrogens is 2. The van der Waals surface area contributed by atoms with E-state index in [1.807, 2.05) is 0 Å². The summed E-state index contributed by atoms with van der Waals surface area (Å²) in [6.07, 6.45) is 2.62. The molecular weight excluding hydrogens is 272 g/mol. The summed E-state index contributed by atoms with van der Waals surface area (Å²) in [5.41, 5.74) is 3.39. The second-order valence-electron chi connectivity index (χ2n) is 5.20. The molecule has 2 aromatic rings. The van der Waals surface area contributed by atoms with Crippen LogP contribution < -0.4 is 0 Å². The molecule has 4 nitrogen and oxygen atoms in total. The summed E-state index contributed by atoms with van der Waals surface area (Å²) in [6.45, 7) is 5.02. The Bertz CT molecular complexity index is 571. The van der Waals surface area contributed by atoms with Crippen LogP contribution in [-0.2, 0) is 4.74 Å². The van der Waals surface area contributed by atoms with Gasteiger partial charge in [-0.15, -0.1) is 10.2 Å². The molecular formula is C15H18N2O2S. The Balaban J connectivity index is 1.69. The van der Waals surface area contributed by atoms with Crippen molar-refractivity contribution in [3.05, 3.63) is 29.3 Å². The number of thioether (sulfide) groups is 1. The topological polar surface area (TPSA) is 48.2 Å². The first-order valence-electron chi connectivity index (χ1n) is 6.87. The summed E-state index contributed by atoms with van der Waals surface area (Å²) in [4.78, 5) is 0. The number of rotatable bonds is 4. The van der Waals surface area contributed by atoms with Gasteiger partial charge >= 0.3 is 0 Å². The van der Waals surface area contributed by atoms with Crippen LogP contribution in [0.3, 0.4) is 0 Å². The van der Waals surface area contributed by atoms with Gasteiger partial charge in [0.15, 0.2) is 0 Å². The monoisotopic (exact) mass is 290 g/mol. The molecule has 1 aromatic heterocycles. The van der Waals surface area contributed by atoms with Crippen molar-refractivity contribution in [3.8, 4) is 11.5 Å². The molecule has 1 aromatic carbocycles. The summed E-state index contributed by atoms with van der Waals surface area (Å²) >= 11 is 1.58. The summed E-state index contributed by atoms with van der Waals surface area (Å²) in [5.74, 6) is 1.47. The van der Waals surface area contributed by atoms with Crippen molar-refractivity contribution in [1.82, 2.24) is 10.2 Å². The van der Waals surface area contributed by atoms with Crippen molar-refractivity contribution in [1.29, 1.82) is 0 Å². The number of benzene rings is 1. The largest absolute Gasteiger partial charge is 0.411 e. The zero-order valence-electron chi connectivity index (χ0n) is 11.8. The molecule has 1 saturated heterocycles. The first kappa shape index (κ1) is 13.6. The lowest BCUT2D eigenvalue weighted by atomic mass is 10.1. The fourth-order valence-corrected chi connectivity index (χ4v) is 3.25. The minimum Gasteiger partial charge on any atom is -0.411 e. The molecule has 1 fully saturated rings. The fourth-order valence-electron chi connectivity index (χ4n) is 2.42. The summed E-state index contributed by atoms with van der Waals surface area (Å²) in [5, 5.41) is 8.86. The van der Waals surface area contributed by atoms with E-state index in [-0.39, 0.29) is 0 Å². The molecule has 20 heavy (non-hydrogen) atoms. The van der Waals surface area contributed by atoms with Gasteiger partial charge in [0.1, 0.15) is 0 Å². The van der Waals surface area contributed by atoms with E-state index in [4.69, 9.17) is 9.15 Å². The van der Waals surface area contributed by atoms with Gasteiger partial charge in [0.2, 0.25) is 5.89 Å². The van der Waals surface area contributed by atoms with Crippen LogP contribution in [0.15, 0.2) is 27.8 Å². The second-order valence-corrected chi connectivity index (χ2v) is 6.17. The predicted octanol–water partition coefficient (Wildman–Crippen LogP) is 3.62. The molecule has 0 bridgehead atoms. The van der Waals surface area contributed by atoms with Crippen LogP contribution in [0.1, 0.15) is 24.0 Å². The van der Waals surface area contributed by atoms with Crippen LogP contribution in [0.2, 0.25) is 0 Å². The van der Waals surface area contributed by atoms with Gasteiger partial charge in [-0.05, 0) is 38.8 Å². The Kier molecular flexibility index (Phi) is 4.08. The van der Waals surface area contributed by atoms with E-state index in [9.17, 15) is 0 Å². The van der Waals surface area contributed by atoms with Crippen molar-refractivity contribution in [2.45, 2.75) is 38.0 Å². The zero-order valence-corrected chi connectivity index (χ0v) is 12.6. The molecule has 0 amide bonds. The van der Waals surface area contributed by atoms with Gasteiger partial charge in [0.25, 0.3) is 5.22 Å². The van der Waals surface area contributed by atoms with Gasteiger partial charge in [-0.2, -0.15) is 0 Å². The lowest BCUT2D eigenvalue weighted by Gasteiger charge is -2.05. The minimum absolute atomic E-state index is 0.330. The second kappa shape index (κ2) is 5.97. The lowest BCUT2D eigenvalue weighted by Crippen LogP contribution is -2.07.